The summed E-state index contributed by atoms with van der Waals surface area (Å²) in [5, 5.41) is 6.62. The van der Waals surface area contributed by atoms with Gasteiger partial charge in [0, 0.05) is 54.7 Å². The van der Waals surface area contributed by atoms with Gasteiger partial charge in [-0.3, -0.25) is 0 Å². The molecule has 0 spiro atoms. The van der Waals surface area contributed by atoms with Crippen LogP contribution in [0.25, 0.3) is 117 Å². The molecule has 266 valence electrons. The zero-order chi connectivity index (χ0) is 37.5. The molecule has 12 aromatic rings. The summed E-state index contributed by atoms with van der Waals surface area (Å²) in [5.41, 5.74) is 11.6. The van der Waals surface area contributed by atoms with Crippen molar-refractivity contribution in [1.29, 1.82) is 0 Å². The summed E-state index contributed by atoms with van der Waals surface area (Å²) in [6.45, 7) is 0. The largest absolute Gasteiger partial charge is 0.456 e. The Morgan fingerprint density at radius 2 is 0.789 bits per heavy atom. The Kier molecular flexibility index (Phi) is 6.83. The minimum atomic E-state index is 0.573. The number of nitrogens with zero attached hydrogens (tertiary/aromatic N) is 4. The first-order valence-electron chi connectivity index (χ1n) is 19.0. The maximum atomic E-state index is 6.41. The maximum absolute atomic E-state index is 6.41. The quantitative estimate of drug-likeness (QED) is 0.176. The third kappa shape index (κ3) is 5.08. The summed E-state index contributed by atoms with van der Waals surface area (Å²) < 4.78 is 15.0. The first-order valence-corrected chi connectivity index (χ1v) is 19.0. The van der Waals surface area contributed by atoms with Crippen molar-refractivity contribution in [2.45, 2.75) is 0 Å². The first kappa shape index (κ1) is 31.5. The Morgan fingerprint density at radius 1 is 0.298 bits per heavy atom. The molecule has 6 heteroatoms. The Morgan fingerprint density at radius 3 is 1.58 bits per heavy atom. The van der Waals surface area contributed by atoms with E-state index in [-0.39, 0.29) is 0 Å². The highest BCUT2D eigenvalue weighted by atomic mass is 16.3. The van der Waals surface area contributed by atoms with Gasteiger partial charge in [0.05, 0.1) is 11.0 Å². The highest BCUT2D eigenvalue weighted by Crippen LogP contribution is 2.39. The van der Waals surface area contributed by atoms with Crippen LogP contribution in [-0.2, 0) is 0 Å². The van der Waals surface area contributed by atoms with Gasteiger partial charge in [0.25, 0.3) is 0 Å². The maximum Gasteiger partial charge on any atom is 0.164 e. The number of hydrogen-bond acceptors (Lipinski definition) is 5. The van der Waals surface area contributed by atoms with E-state index in [1.165, 1.54) is 21.8 Å². The molecular formula is C51H30N4O2. The minimum Gasteiger partial charge on any atom is -0.456 e. The second-order valence-corrected chi connectivity index (χ2v) is 14.4. The topological polar surface area (TPSA) is 69.9 Å². The predicted molar refractivity (Wildman–Crippen MR) is 230 cm³/mol. The lowest BCUT2D eigenvalue weighted by molar-refractivity contribution is 0.668. The second-order valence-electron chi connectivity index (χ2n) is 14.4. The van der Waals surface area contributed by atoms with Crippen LogP contribution in [0.5, 0.6) is 0 Å². The van der Waals surface area contributed by atoms with Crippen LogP contribution in [0.3, 0.4) is 0 Å². The van der Waals surface area contributed by atoms with Crippen molar-refractivity contribution in [2.75, 3.05) is 0 Å². The number of hydrogen-bond donors (Lipinski definition) is 0. The van der Waals surface area contributed by atoms with Crippen LogP contribution in [0.2, 0.25) is 0 Å². The molecule has 12 rings (SSSR count). The fraction of sp³-hybridized carbons (Fsp3) is 0. The van der Waals surface area contributed by atoms with Gasteiger partial charge in [-0.1, -0.05) is 109 Å². The SMILES string of the molecule is c1ccc(-c2nc(-c3ccc4c(c3)oc3ccccc34)nc(-c3ccc4oc5ccc(-c6ccc7c8ccccc8n(-c8ccccc8)c7c6)cc5c4c3)n2)cc1. The number of fused-ring (bicyclic) bond motifs is 9. The molecule has 57 heavy (non-hydrogen) atoms. The van der Waals surface area contributed by atoms with Crippen LogP contribution in [-0.4, -0.2) is 19.5 Å². The van der Waals surface area contributed by atoms with Crippen molar-refractivity contribution in [3.63, 3.8) is 0 Å². The summed E-state index contributed by atoms with van der Waals surface area (Å²) in [5.74, 6) is 1.75. The molecule has 0 atom stereocenters. The smallest absolute Gasteiger partial charge is 0.164 e. The van der Waals surface area contributed by atoms with Crippen molar-refractivity contribution < 1.29 is 8.83 Å². The van der Waals surface area contributed by atoms with E-state index in [0.29, 0.717) is 17.5 Å². The third-order valence-electron chi connectivity index (χ3n) is 11.1. The highest BCUT2D eigenvalue weighted by Gasteiger charge is 2.18. The standard InChI is InChI=1S/C51H30N4O2/c1-3-11-31(12-4-1)49-52-50(54-51(53-49)35-20-24-40-39-16-8-10-18-45(39)57-48(40)30-35)34-22-26-47-42(28-34)41-27-32(21-25-46(41)56-47)33-19-23-38-37-15-7-9-17-43(37)55(44(38)29-33)36-13-5-2-6-14-36/h1-30H. The second kappa shape index (κ2) is 12.3. The molecule has 0 unspecified atom stereocenters. The molecule has 4 heterocycles. The van der Waals surface area contributed by atoms with Gasteiger partial charge in [-0.15, -0.1) is 0 Å². The summed E-state index contributed by atoms with van der Waals surface area (Å²) >= 11 is 0. The molecule has 0 saturated carbocycles. The van der Waals surface area contributed by atoms with Crippen LogP contribution in [0.15, 0.2) is 191 Å². The summed E-state index contributed by atoms with van der Waals surface area (Å²) in [6, 6.07) is 62.9. The van der Waals surface area contributed by atoms with Crippen LogP contribution in [0.1, 0.15) is 0 Å². The molecule has 0 N–H and O–H groups in total. The average molecular weight is 731 g/mol. The van der Waals surface area contributed by atoms with Crippen molar-refractivity contribution in [1.82, 2.24) is 19.5 Å². The summed E-state index contributed by atoms with van der Waals surface area (Å²) in [7, 11) is 0. The monoisotopic (exact) mass is 730 g/mol. The number of benzene rings is 8. The van der Waals surface area contributed by atoms with Gasteiger partial charge in [-0.25, -0.2) is 15.0 Å². The average Bonchev–Trinajstić information content (AvgIpc) is 3.95. The summed E-state index contributed by atoms with van der Waals surface area (Å²) in [6.07, 6.45) is 0. The molecule has 0 radical (unpaired) electrons. The van der Waals surface area contributed by atoms with E-state index in [0.717, 1.165) is 77.4 Å². The summed E-state index contributed by atoms with van der Waals surface area (Å²) in [4.78, 5) is 15.1. The first-order chi connectivity index (χ1) is 28.2. The van der Waals surface area contributed by atoms with E-state index in [1.54, 1.807) is 0 Å². The molecule has 0 saturated heterocycles. The predicted octanol–water partition coefficient (Wildman–Crippen LogP) is 13.4. The Labute approximate surface area is 325 Å². The van der Waals surface area contributed by atoms with Crippen LogP contribution in [0, 0.1) is 0 Å². The molecule has 4 aromatic heterocycles. The van der Waals surface area contributed by atoms with E-state index in [2.05, 4.69) is 120 Å². The lowest BCUT2D eigenvalue weighted by Gasteiger charge is -2.09. The Bertz CT molecular complexity index is 3530. The van der Waals surface area contributed by atoms with Gasteiger partial charge in [-0.2, -0.15) is 0 Å². The molecule has 6 nitrogen and oxygen atoms in total. The van der Waals surface area contributed by atoms with Gasteiger partial charge < -0.3 is 13.4 Å². The molecular weight excluding hydrogens is 701 g/mol. The zero-order valence-corrected chi connectivity index (χ0v) is 30.4. The van der Waals surface area contributed by atoms with E-state index < -0.39 is 0 Å². The molecule has 0 fully saturated rings. The molecule has 0 aliphatic rings. The van der Waals surface area contributed by atoms with E-state index in [9.17, 15) is 0 Å². The lowest BCUT2D eigenvalue weighted by Crippen LogP contribution is -2.00. The molecule has 0 amide bonds. The van der Waals surface area contributed by atoms with Crippen LogP contribution in [0.4, 0.5) is 0 Å². The van der Waals surface area contributed by atoms with Gasteiger partial charge >= 0.3 is 0 Å². The molecule has 8 aromatic carbocycles. The van der Waals surface area contributed by atoms with Crippen molar-refractivity contribution in [2.24, 2.45) is 0 Å². The van der Waals surface area contributed by atoms with Crippen molar-refractivity contribution in [3.8, 4) is 51.0 Å². The molecule has 0 aliphatic carbocycles. The lowest BCUT2D eigenvalue weighted by atomic mass is 10.0. The van der Waals surface area contributed by atoms with Crippen molar-refractivity contribution >= 4 is 65.7 Å². The van der Waals surface area contributed by atoms with Crippen molar-refractivity contribution in [3.05, 3.63) is 182 Å². The van der Waals surface area contributed by atoms with E-state index in [1.807, 2.05) is 66.7 Å². The van der Waals surface area contributed by atoms with Crippen LogP contribution < -0.4 is 0 Å². The Balaban J connectivity index is 0.998. The Hall–Kier alpha value is -7.83. The van der Waals surface area contributed by atoms with Crippen LogP contribution >= 0.6 is 0 Å². The van der Waals surface area contributed by atoms with Gasteiger partial charge in [0.1, 0.15) is 22.3 Å². The molecule has 0 aliphatic heterocycles. The normalized spacial score (nSPS) is 11.9. The van der Waals surface area contributed by atoms with E-state index >= 15 is 0 Å². The van der Waals surface area contributed by atoms with E-state index in [4.69, 9.17) is 23.8 Å². The fourth-order valence-corrected chi connectivity index (χ4v) is 8.32. The third-order valence-corrected chi connectivity index (χ3v) is 11.1. The molecule has 0 bridgehead atoms. The minimum absolute atomic E-state index is 0.573. The van der Waals surface area contributed by atoms with Gasteiger partial charge in [-0.05, 0) is 83.9 Å². The fourth-order valence-electron chi connectivity index (χ4n) is 8.32. The van der Waals surface area contributed by atoms with Gasteiger partial charge in [0.2, 0.25) is 0 Å². The number of rotatable bonds is 5. The van der Waals surface area contributed by atoms with Gasteiger partial charge in [0.15, 0.2) is 17.5 Å². The zero-order valence-electron chi connectivity index (χ0n) is 30.4. The number of aromatic nitrogens is 4. The number of para-hydroxylation sites is 3. The number of furan rings is 2. The highest BCUT2D eigenvalue weighted by molar-refractivity contribution is 6.11.